The summed E-state index contributed by atoms with van der Waals surface area (Å²) in [7, 11) is 0. The number of hydrogen-bond donors (Lipinski definition) is 1. The Labute approximate surface area is 153 Å². The van der Waals surface area contributed by atoms with Gasteiger partial charge in [0, 0.05) is 25.6 Å². The first-order valence-electron chi connectivity index (χ1n) is 9.28. The predicted octanol–water partition coefficient (Wildman–Crippen LogP) is 2.84. The van der Waals surface area contributed by atoms with Gasteiger partial charge in [-0.15, -0.1) is 0 Å². The Kier molecular flexibility index (Phi) is 4.49. The molecule has 1 aliphatic heterocycles. The standard InChI is InChI=1S/C20H24N4O2/c1-14(16-7-8-16)24-18(9-10-21-24)22-20(26)17-11-19(25)23(13-17)12-15-5-3-2-4-6-15/h2-6,9-10,14,16-17H,7-8,11-13H2,1H3,(H,22,26). The van der Waals surface area contributed by atoms with Crippen molar-refractivity contribution in [2.24, 2.45) is 11.8 Å². The van der Waals surface area contributed by atoms with Crippen LogP contribution >= 0.6 is 0 Å². The first-order chi connectivity index (χ1) is 12.6. The number of benzene rings is 1. The van der Waals surface area contributed by atoms with Crippen LogP contribution in [-0.2, 0) is 16.1 Å². The van der Waals surface area contributed by atoms with E-state index in [4.69, 9.17) is 0 Å². The average molecular weight is 352 g/mol. The van der Waals surface area contributed by atoms with Crippen molar-refractivity contribution >= 4 is 17.6 Å². The maximum atomic E-state index is 12.7. The fraction of sp³-hybridized carbons (Fsp3) is 0.450. The van der Waals surface area contributed by atoms with Gasteiger partial charge in [0.1, 0.15) is 5.82 Å². The zero-order valence-electron chi connectivity index (χ0n) is 15.0. The Morgan fingerprint density at radius 1 is 1.27 bits per heavy atom. The Morgan fingerprint density at radius 3 is 2.77 bits per heavy atom. The zero-order valence-corrected chi connectivity index (χ0v) is 15.0. The summed E-state index contributed by atoms with van der Waals surface area (Å²) in [5.74, 6) is 1.00. The summed E-state index contributed by atoms with van der Waals surface area (Å²) < 4.78 is 1.90. The molecule has 2 unspecified atom stereocenters. The van der Waals surface area contributed by atoms with E-state index in [1.807, 2.05) is 41.1 Å². The van der Waals surface area contributed by atoms with Crippen LogP contribution in [0.3, 0.4) is 0 Å². The molecule has 2 amide bonds. The molecule has 1 N–H and O–H groups in total. The number of aromatic nitrogens is 2. The van der Waals surface area contributed by atoms with Gasteiger partial charge in [-0.25, -0.2) is 4.68 Å². The molecular formula is C20H24N4O2. The Morgan fingerprint density at radius 2 is 2.04 bits per heavy atom. The molecule has 6 heteroatoms. The lowest BCUT2D eigenvalue weighted by atomic mass is 10.1. The van der Waals surface area contributed by atoms with Crippen LogP contribution < -0.4 is 5.32 Å². The molecule has 0 radical (unpaired) electrons. The zero-order chi connectivity index (χ0) is 18.1. The fourth-order valence-electron chi connectivity index (χ4n) is 3.65. The topological polar surface area (TPSA) is 67.2 Å². The molecule has 2 atom stereocenters. The summed E-state index contributed by atoms with van der Waals surface area (Å²) >= 11 is 0. The molecule has 136 valence electrons. The van der Waals surface area contributed by atoms with E-state index in [0.717, 1.165) is 11.4 Å². The van der Waals surface area contributed by atoms with Crippen molar-refractivity contribution in [1.82, 2.24) is 14.7 Å². The van der Waals surface area contributed by atoms with Crippen LogP contribution in [0.25, 0.3) is 0 Å². The van der Waals surface area contributed by atoms with Crippen molar-refractivity contribution in [2.45, 2.75) is 38.8 Å². The van der Waals surface area contributed by atoms with Crippen molar-refractivity contribution in [1.29, 1.82) is 0 Å². The second-order valence-electron chi connectivity index (χ2n) is 7.39. The van der Waals surface area contributed by atoms with Crippen LogP contribution in [0.4, 0.5) is 5.82 Å². The lowest BCUT2D eigenvalue weighted by molar-refractivity contribution is -0.128. The molecule has 26 heavy (non-hydrogen) atoms. The average Bonchev–Trinajstić information content (AvgIpc) is 3.29. The van der Waals surface area contributed by atoms with Gasteiger partial charge in [-0.05, 0) is 31.2 Å². The molecule has 1 saturated carbocycles. The molecule has 6 nitrogen and oxygen atoms in total. The Bertz CT molecular complexity index is 797. The van der Waals surface area contributed by atoms with Crippen molar-refractivity contribution in [3.63, 3.8) is 0 Å². The Hall–Kier alpha value is -2.63. The van der Waals surface area contributed by atoms with Gasteiger partial charge in [0.25, 0.3) is 0 Å². The largest absolute Gasteiger partial charge is 0.338 e. The predicted molar refractivity (Wildman–Crippen MR) is 98.3 cm³/mol. The van der Waals surface area contributed by atoms with Crippen LogP contribution in [-0.4, -0.2) is 33.0 Å². The van der Waals surface area contributed by atoms with Gasteiger partial charge in [0.05, 0.1) is 18.2 Å². The van der Waals surface area contributed by atoms with Crippen LogP contribution in [0.1, 0.15) is 37.8 Å². The minimum atomic E-state index is -0.314. The molecular weight excluding hydrogens is 328 g/mol. The highest BCUT2D eigenvalue weighted by Gasteiger charge is 2.35. The molecule has 0 spiro atoms. The molecule has 2 fully saturated rings. The van der Waals surface area contributed by atoms with E-state index in [1.54, 1.807) is 11.1 Å². The monoisotopic (exact) mass is 352 g/mol. The quantitative estimate of drug-likeness (QED) is 0.869. The number of carbonyl (C=O) groups excluding carboxylic acids is 2. The SMILES string of the molecule is CC(C1CC1)n1nccc1NC(=O)C1CC(=O)N(Cc2ccccc2)C1. The summed E-state index contributed by atoms with van der Waals surface area (Å²) in [6.45, 7) is 3.16. The molecule has 1 saturated heterocycles. The van der Waals surface area contributed by atoms with Crippen LogP contribution in [0.2, 0.25) is 0 Å². The van der Waals surface area contributed by atoms with Gasteiger partial charge in [-0.2, -0.15) is 5.10 Å². The molecule has 1 aromatic heterocycles. The number of anilines is 1. The number of nitrogens with one attached hydrogen (secondary N) is 1. The van der Waals surface area contributed by atoms with Crippen molar-refractivity contribution in [3.05, 3.63) is 48.2 Å². The molecule has 4 rings (SSSR count). The second-order valence-corrected chi connectivity index (χ2v) is 7.39. The number of carbonyl (C=O) groups is 2. The van der Waals surface area contributed by atoms with E-state index in [9.17, 15) is 9.59 Å². The Balaban J connectivity index is 1.38. The van der Waals surface area contributed by atoms with Crippen molar-refractivity contribution in [2.75, 3.05) is 11.9 Å². The maximum Gasteiger partial charge on any atom is 0.230 e. The smallest absolute Gasteiger partial charge is 0.230 e. The van der Waals surface area contributed by atoms with E-state index in [2.05, 4.69) is 17.3 Å². The van der Waals surface area contributed by atoms with E-state index in [1.165, 1.54) is 12.8 Å². The lowest BCUT2D eigenvalue weighted by Gasteiger charge is -2.18. The van der Waals surface area contributed by atoms with Gasteiger partial charge in [0.2, 0.25) is 11.8 Å². The third-order valence-electron chi connectivity index (χ3n) is 5.41. The first-order valence-corrected chi connectivity index (χ1v) is 9.28. The van der Waals surface area contributed by atoms with Crippen molar-refractivity contribution < 1.29 is 9.59 Å². The maximum absolute atomic E-state index is 12.7. The lowest BCUT2D eigenvalue weighted by Crippen LogP contribution is -2.29. The van der Waals surface area contributed by atoms with Crippen LogP contribution in [0, 0.1) is 11.8 Å². The third-order valence-corrected chi connectivity index (χ3v) is 5.41. The third kappa shape index (κ3) is 3.49. The van der Waals surface area contributed by atoms with Gasteiger partial charge in [-0.3, -0.25) is 9.59 Å². The molecule has 1 aromatic carbocycles. The molecule has 0 bridgehead atoms. The molecule has 2 aliphatic rings. The summed E-state index contributed by atoms with van der Waals surface area (Å²) in [5.41, 5.74) is 1.08. The van der Waals surface area contributed by atoms with Gasteiger partial charge >= 0.3 is 0 Å². The van der Waals surface area contributed by atoms with E-state index in [0.29, 0.717) is 25.0 Å². The molecule has 1 aliphatic carbocycles. The normalized spacial score (nSPS) is 21.0. The summed E-state index contributed by atoms with van der Waals surface area (Å²) in [5, 5.41) is 7.35. The van der Waals surface area contributed by atoms with Crippen LogP contribution in [0.15, 0.2) is 42.6 Å². The van der Waals surface area contributed by atoms with Crippen molar-refractivity contribution in [3.8, 4) is 0 Å². The second kappa shape index (κ2) is 6.94. The highest BCUT2D eigenvalue weighted by molar-refractivity contribution is 5.96. The summed E-state index contributed by atoms with van der Waals surface area (Å²) in [6, 6.07) is 12.0. The fourth-order valence-corrected chi connectivity index (χ4v) is 3.65. The highest BCUT2D eigenvalue weighted by Crippen LogP contribution is 2.40. The highest BCUT2D eigenvalue weighted by atomic mass is 16.2. The van der Waals surface area contributed by atoms with E-state index >= 15 is 0 Å². The number of likely N-dealkylation sites (tertiary alicyclic amines) is 1. The van der Waals surface area contributed by atoms with Gasteiger partial charge < -0.3 is 10.2 Å². The summed E-state index contributed by atoms with van der Waals surface area (Å²) in [4.78, 5) is 26.8. The number of nitrogens with zero attached hydrogens (tertiary/aromatic N) is 3. The van der Waals surface area contributed by atoms with Gasteiger partial charge in [-0.1, -0.05) is 30.3 Å². The number of rotatable bonds is 6. The van der Waals surface area contributed by atoms with Gasteiger partial charge in [0.15, 0.2) is 0 Å². The molecule has 2 heterocycles. The minimum absolute atomic E-state index is 0.0360. The summed E-state index contributed by atoms with van der Waals surface area (Å²) in [6.07, 6.45) is 4.43. The minimum Gasteiger partial charge on any atom is -0.338 e. The number of amides is 2. The number of hydrogen-bond acceptors (Lipinski definition) is 3. The first kappa shape index (κ1) is 16.8. The van der Waals surface area contributed by atoms with E-state index < -0.39 is 0 Å². The van der Waals surface area contributed by atoms with E-state index in [-0.39, 0.29) is 24.2 Å². The van der Waals surface area contributed by atoms with Crippen LogP contribution in [0.5, 0.6) is 0 Å². The molecule has 2 aromatic rings.